The van der Waals surface area contributed by atoms with Crippen LogP contribution < -0.4 is 0 Å². The van der Waals surface area contributed by atoms with E-state index in [1.807, 2.05) is 0 Å². The molecule has 1 atom stereocenters. The molecule has 0 aromatic heterocycles. The Morgan fingerprint density at radius 2 is 2.29 bits per heavy atom. The van der Waals surface area contributed by atoms with Crippen LogP contribution in [0.15, 0.2) is 4.99 Å². The average molecular weight is 192 g/mol. The van der Waals surface area contributed by atoms with Gasteiger partial charge in [0.05, 0.1) is 12.0 Å². The van der Waals surface area contributed by atoms with Crippen LogP contribution in [0.1, 0.15) is 51.9 Å². The van der Waals surface area contributed by atoms with E-state index < -0.39 is 0 Å². The normalized spacial score (nSPS) is 24.0. The monoisotopic (exact) mass is 192 g/mol. The van der Waals surface area contributed by atoms with Crippen LogP contribution in [0.2, 0.25) is 0 Å². The predicted molar refractivity (Wildman–Crippen MR) is 59.4 cm³/mol. The Morgan fingerprint density at radius 1 is 1.43 bits per heavy atom. The van der Waals surface area contributed by atoms with Gasteiger partial charge in [0, 0.05) is 18.7 Å². The van der Waals surface area contributed by atoms with Gasteiger partial charge < -0.3 is 0 Å². The molecule has 0 spiro atoms. The van der Waals surface area contributed by atoms with Crippen molar-refractivity contribution >= 4 is 5.71 Å². The quantitative estimate of drug-likeness (QED) is 0.615. The molecule has 0 aromatic rings. The van der Waals surface area contributed by atoms with Crippen molar-refractivity contribution < 1.29 is 0 Å². The van der Waals surface area contributed by atoms with E-state index >= 15 is 0 Å². The van der Waals surface area contributed by atoms with Crippen molar-refractivity contribution in [3.8, 4) is 6.07 Å². The van der Waals surface area contributed by atoms with Gasteiger partial charge in [-0.2, -0.15) is 5.26 Å². The van der Waals surface area contributed by atoms with E-state index in [0.29, 0.717) is 0 Å². The van der Waals surface area contributed by atoms with E-state index in [1.165, 1.54) is 31.4 Å². The zero-order chi connectivity index (χ0) is 10.2. The van der Waals surface area contributed by atoms with E-state index in [-0.39, 0.29) is 5.92 Å². The number of hydrogen-bond donors (Lipinski definition) is 0. The molecule has 78 valence electrons. The van der Waals surface area contributed by atoms with Gasteiger partial charge >= 0.3 is 0 Å². The molecule has 0 N–H and O–H groups in total. The highest BCUT2D eigenvalue weighted by Crippen LogP contribution is 2.22. The van der Waals surface area contributed by atoms with Gasteiger partial charge in [0.2, 0.25) is 0 Å². The first-order valence-corrected chi connectivity index (χ1v) is 5.78. The summed E-state index contributed by atoms with van der Waals surface area (Å²) >= 11 is 0. The molecule has 1 fully saturated rings. The van der Waals surface area contributed by atoms with Gasteiger partial charge in [-0.05, 0) is 19.3 Å². The van der Waals surface area contributed by atoms with Crippen LogP contribution in [0.5, 0.6) is 0 Å². The summed E-state index contributed by atoms with van der Waals surface area (Å²) < 4.78 is 0. The molecule has 0 aliphatic heterocycles. The first-order valence-electron chi connectivity index (χ1n) is 5.78. The number of hydrogen-bond acceptors (Lipinski definition) is 2. The maximum Gasteiger partial charge on any atom is 0.0659 e. The van der Waals surface area contributed by atoms with Crippen LogP contribution >= 0.6 is 0 Å². The molecule has 0 heterocycles. The van der Waals surface area contributed by atoms with Crippen molar-refractivity contribution in [2.45, 2.75) is 51.9 Å². The summed E-state index contributed by atoms with van der Waals surface area (Å²) in [4.78, 5) is 4.56. The van der Waals surface area contributed by atoms with E-state index in [9.17, 15) is 0 Å². The average Bonchev–Trinajstić information content (AvgIpc) is 2.65. The molecule has 2 nitrogen and oxygen atoms in total. The molecule has 0 aromatic carbocycles. The second-order valence-corrected chi connectivity index (χ2v) is 4.08. The summed E-state index contributed by atoms with van der Waals surface area (Å²) in [6, 6.07) is 2.32. The lowest BCUT2D eigenvalue weighted by molar-refractivity contribution is 0.674. The van der Waals surface area contributed by atoms with Gasteiger partial charge in [-0.15, -0.1) is 0 Å². The van der Waals surface area contributed by atoms with Gasteiger partial charge in [0.1, 0.15) is 0 Å². The van der Waals surface area contributed by atoms with E-state index in [2.05, 4.69) is 18.0 Å². The number of aliphatic imine (C=N–C) groups is 1. The molecule has 1 saturated carbocycles. The third-order valence-electron chi connectivity index (χ3n) is 2.79. The SMILES string of the molecule is CCCCCCN=C1CCC(C#N)C1. The Bertz CT molecular complexity index is 225. The van der Waals surface area contributed by atoms with Crippen LogP contribution in [0, 0.1) is 17.2 Å². The minimum atomic E-state index is 0.254. The molecule has 1 rings (SSSR count). The molecule has 1 aliphatic carbocycles. The molecular weight excluding hydrogens is 172 g/mol. The van der Waals surface area contributed by atoms with E-state index in [0.717, 1.165) is 25.8 Å². The summed E-state index contributed by atoms with van der Waals surface area (Å²) in [7, 11) is 0. The lowest BCUT2D eigenvalue weighted by Gasteiger charge is -1.97. The summed E-state index contributed by atoms with van der Waals surface area (Å²) in [6.45, 7) is 3.20. The number of nitriles is 1. The molecule has 14 heavy (non-hydrogen) atoms. The Balaban J connectivity index is 2.11. The highest BCUT2D eigenvalue weighted by Gasteiger charge is 2.19. The third-order valence-corrected chi connectivity index (χ3v) is 2.79. The van der Waals surface area contributed by atoms with Crippen LogP contribution in [-0.2, 0) is 0 Å². The lowest BCUT2D eigenvalue weighted by Crippen LogP contribution is -1.94. The zero-order valence-electron chi connectivity index (χ0n) is 9.13. The Morgan fingerprint density at radius 3 is 2.93 bits per heavy atom. The predicted octanol–water partition coefficient (Wildman–Crippen LogP) is 3.33. The van der Waals surface area contributed by atoms with E-state index in [1.54, 1.807) is 0 Å². The maximum atomic E-state index is 8.72. The largest absolute Gasteiger partial charge is 0.294 e. The molecule has 0 amide bonds. The topological polar surface area (TPSA) is 36.1 Å². The second-order valence-electron chi connectivity index (χ2n) is 4.08. The standard InChI is InChI=1S/C12H20N2/c1-2-3-4-5-8-14-12-7-6-11(9-12)10-13/h11H,2-9H2,1H3. The number of unbranched alkanes of at least 4 members (excludes halogenated alkanes) is 3. The lowest BCUT2D eigenvalue weighted by atomic mass is 10.1. The van der Waals surface area contributed by atoms with Crippen molar-refractivity contribution in [1.82, 2.24) is 0 Å². The fraction of sp³-hybridized carbons (Fsp3) is 0.833. The van der Waals surface area contributed by atoms with Crippen molar-refractivity contribution in [2.24, 2.45) is 10.9 Å². The van der Waals surface area contributed by atoms with Gasteiger partial charge in [0.25, 0.3) is 0 Å². The first kappa shape index (κ1) is 11.2. The van der Waals surface area contributed by atoms with Gasteiger partial charge in [-0.3, -0.25) is 4.99 Å². The fourth-order valence-electron chi connectivity index (χ4n) is 1.86. The van der Waals surface area contributed by atoms with Gasteiger partial charge in [-0.25, -0.2) is 0 Å². The maximum absolute atomic E-state index is 8.72. The van der Waals surface area contributed by atoms with Crippen LogP contribution in [0.4, 0.5) is 0 Å². The number of rotatable bonds is 5. The van der Waals surface area contributed by atoms with Crippen molar-refractivity contribution in [3.63, 3.8) is 0 Å². The smallest absolute Gasteiger partial charge is 0.0659 e. The molecule has 0 saturated heterocycles. The first-order chi connectivity index (χ1) is 6.86. The van der Waals surface area contributed by atoms with Crippen LogP contribution in [0.3, 0.4) is 0 Å². The molecule has 1 unspecified atom stereocenters. The summed E-state index contributed by atoms with van der Waals surface area (Å²) in [6.07, 6.45) is 8.16. The fourth-order valence-corrected chi connectivity index (χ4v) is 1.86. The second kappa shape index (κ2) is 6.59. The van der Waals surface area contributed by atoms with Crippen LogP contribution in [-0.4, -0.2) is 12.3 Å². The summed E-state index contributed by atoms with van der Waals surface area (Å²) in [5.41, 5.74) is 1.29. The molecule has 2 heteroatoms. The number of nitrogens with zero attached hydrogens (tertiary/aromatic N) is 2. The highest BCUT2D eigenvalue weighted by molar-refractivity contribution is 5.86. The molecule has 1 aliphatic rings. The minimum absolute atomic E-state index is 0.254. The van der Waals surface area contributed by atoms with Gasteiger partial charge in [-0.1, -0.05) is 26.2 Å². The zero-order valence-corrected chi connectivity index (χ0v) is 9.13. The van der Waals surface area contributed by atoms with Gasteiger partial charge in [0.15, 0.2) is 0 Å². The Hall–Kier alpha value is -0.840. The summed E-state index contributed by atoms with van der Waals surface area (Å²) in [5.74, 6) is 0.254. The van der Waals surface area contributed by atoms with Crippen LogP contribution in [0.25, 0.3) is 0 Å². The van der Waals surface area contributed by atoms with Crippen molar-refractivity contribution in [3.05, 3.63) is 0 Å². The minimum Gasteiger partial charge on any atom is -0.294 e. The van der Waals surface area contributed by atoms with E-state index in [4.69, 9.17) is 5.26 Å². The summed E-state index contributed by atoms with van der Waals surface area (Å²) in [5, 5.41) is 8.72. The highest BCUT2D eigenvalue weighted by atomic mass is 14.7. The van der Waals surface area contributed by atoms with Crippen molar-refractivity contribution in [1.29, 1.82) is 5.26 Å². The Labute approximate surface area is 87.0 Å². The Kier molecular flexibility index (Phi) is 5.29. The van der Waals surface area contributed by atoms with Crippen molar-refractivity contribution in [2.75, 3.05) is 6.54 Å². The molecular formula is C12H20N2. The third kappa shape index (κ3) is 3.91. The molecule has 0 radical (unpaired) electrons. The molecule has 0 bridgehead atoms.